The molecule has 2 atom stereocenters. The Hall–Kier alpha value is -0.780. The summed E-state index contributed by atoms with van der Waals surface area (Å²) in [5.74, 6) is 6.78. The smallest absolute Gasteiger partial charge is 0.165 e. The normalized spacial score (nSPS) is 20.9. The van der Waals surface area contributed by atoms with Crippen molar-refractivity contribution in [1.29, 1.82) is 0 Å². The Bertz CT molecular complexity index is 397. The maximum Gasteiger partial charge on any atom is 0.165 e. The minimum absolute atomic E-state index is 0.199. The van der Waals surface area contributed by atoms with Crippen LogP contribution < -0.4 is 16.0 Å². The van der Waals surface area contributed by atoms with E-state index in [2.05, 4.69) is 5.43 Å². The number of benzene rings is 1. The van der Waals surface area contributed by atoms with E-state index in [0.717, 1.165) is 12.0 Å². The molecule has 0 saturated carbocycles. The fraction of sp³-hybridized carbons (Fsp3) is 0.538. The second-order valence-electron chi connectivity index (χ2n) is 4.50. The molecule has 0 bridgehead atoms. The monoisotopic (exact) mass is 270 g/mol. The predicted molar refractivity (Wildman–Crippen MR) is 73.2 cm³/mol. The zero-order chi connectivity index (χ0) is 13.0. The van der Waals surface area contributed by atoms with Crippen LogP contribution in [0.4, 0.5) is 4.39 Å². The van der Waals surface area contributed by atoms with Crippen LogP contribution >= 0.6 is 11.8 Å². The molecule has 1 aromatic rings. The van der Waals surface area contributed by atoms with Crippen LogP contribution in [0.1, 0.15) is 18.4 Å². The van der Waals surface area contributed by atoms with Gasteiger partial charge in [0, 0.05) is 11.3 Å². The highest BCUT2D eigenvalue weighted by atomic mass is 32.2. The molecule has 1 fully saturated rings. The number of nitrogens with two attached hydrogens (primary N) is 1. The fourth-order valence-corrected chi connectivity index (χ4v) is 3.68. The lowest BCUT2D eigenvalue weighted by molar-refractivity contribution is 0.385. The Morgan fingerprint density at radius 2 is 2.44 bits per heavy atom. The molecule has 0 radical (unpaired) electrons. The van der Waals surface area contributed by atoms with Crippen LogP contribution in [0.5, 0.6) is 5.75 Å². The summed E-state index contributed by atoms with van der Waals surface area (Å²) in [5, 5.41) is 0.528. The van der Waals surface area contributed by atoms with Gasteiger partial charge in [0.15, 0.2) is 11.6 Å². The molecule has 1 aliphatic rings. The third-order valence-corrected chi connectivity index (χ3v) is 4.82. The number of ether oxygens (including phenoxy) is 1. The van der Waals surface area contributed by atoms with Gasteiger partial charge in [-0.15, -0.1) is 0 Å². The van der Waals surface area contributed by atoms with Gasteiger partial charge >= 0.3 is 0 Å². The first kappa shape index (κ1) is 13.6. The van der Waals surface area contributed by atoms with E-state index in [9.17, 15) is 4.39 Å². The fourth-order valence-electron chi connectivity index (χ4n) is 2.31. The van der Waals surface area contributed by atoms with Crippen molar-refractivity contribution in [3.8, 4) is 5.75 Å². The number of nitrogens with one attached hydrogen (secondary N) is 1. The molecule has 1 aliphatic heterocycles. The average molecular weight is 270 g/mol. The first-order valence-corrected chi connectivity index (χ1v) is 7.19. The zero-order valence-corrected chi connectivity index (χ0v) is 11.3. The number of hydrogen-bond donors (Lipinski definition) is 2. The van der Waals surface area contributed by atoms with Gasteiger partial charge in [-0.3, -0.25) is 11.3 Å². The molecule has 100 valence electrons. The van der Waals surface area contributed by atoms with Gasteiger partial charge in [-0.2, -0.15) is 11.8 Å². The molecule has 1 heterocycles. The third-order valence-electron chi connectivity index (χ3n) is 3.30. The molecule has 0 aromatic heterocycles. The maximum atomic E-state index is 13.6. The molecular formula is C13H19FN2OS. The minimum atomic E-state index is -0.315. The van der Waals surface area contributed by atoms with Gasteiger partial charge in [0.05, 0.1) is 7.11 Å². The highest BCUT2D eigenvalue weighted by Gasteiger charge is 2.25. The van der Waals surface area contributed by atoms with Gasteiger partial charge in [0.2, 0.25) is 0 Å². The second-order valence-corrected chi connectivity index (χ2v) is 5.84. The van der Waals surface area contributed by atoms with Crippen LogP contribution in [0.2, 0.25) is 0 Å². The summed E-state index contributed by atoms with van der Waals surface area (Å²) >= 11 is 1.95. The Morgan fingerprint density at radius 1 is 1.61 bits per heavy atom. The first-order valence-electron chi connectivity index (χ1n) is 6.14. The van der Waals surface area contributed by atoms with Crippen molar-refractivity contribution in [2.24, 2.45) is 5.84 Å². The maximum absolute atomic E-state index is 13.6. The summed E-state index contributed by atoms with van der Waals surface area (Å²) < 4.78 is 18.5. The van der Waals surface area contributed by atoms with Crippen molar-refractivity contribution >= 4 is 11.8 Å². The van der Waals surface area contributed by atoms with Crippen molar-refractivity contribution in [2.75, 3.05) is 12.9 Å². The predicted octanol–water partition coefficient (Wildman–Crippen LogP) is 2.10. The van der Waals surface area contributed by atoms with Gasteiger partial charge in [0.1, 0.15) is 0 Å². The molecule has 0 amide bonds. The van der Waals surface area contributed by atoms with Crippen LogP contribution in [0.3, 0.4) is 0 Å². The van der Waals surface area contributed by atoms with Gasteiger partial charge in [-0.1, -0.05) is 6.07 Å². The van der Waals surface area contributed by atoms with Crippen molar-refractivity contribution in [3.05, 3.63) is 29.6 Å². The van der Waals surface area contributed by atoms with Gasteiger partial charge < -0.3 is 4.74 Å². The SMILES string of the molecule is COc1ccc(CC(NN)C2CCCS2)cc1F. The molecule has 0 spiro atoms. The van der Waals surface area contributed by atoms with Crippen molar-refractivity contribution in [2.45, 2.75) is 30.6 Å². The molecule has 1 saturated heterocycles. The highest BCUT2D eigenvalue weighted by Crippen LogP contribution is 2.30. The van der Waals surface area contributed by atoms with Crippen LogP contribution in [0.15, 0.2) is 18.2 Å². The lowest BCUT2D eigenvalue weighted by Gasteiger charge is -2.22. The van der Waals surface area contributed by atoms with E-state index in [-0.39, 0.29) is 17.6 Å². The number of methoxy groups -OCH3 is 1. The molecule has 18 heavy (non-hydrogen) atoms. The van der Waals surface area contributed by atoms with Gasteiger partial charge in [-0.25, -0.2) is 4.39 Å². The number of halogens is 1. The van der Waals surface area contributed by atoms with E-state index < -0.39 is 0 Å². The Labute approximate surface area is 111 Å². The van der Waals surface area contributed by atoms with E-state index in [1.54, 1.807) is 6.07 Å². The largest absolute Gasteiger partial charge is 0.494 e. The molecule has 3 N–H and O–H groups in total. The highest BCUT2D eigenvalue weighted by molar-refractivity contribution is 8.00. The molecule has 5 heteroatoms. The summed E-state index contributed by atoms with van der Waals surface area (Å²) in [6.07, 6.45) is 3.16. The standard InChI is InChI=1S/C13H19FN2OS/c1-17-12-5-4-9(7-10(12)14)8-11(16-15)13-3-2-6-18-13/h4-5,7,11,13,16H,2-3,6,8,15H2,1H3. The number of rotatable bonds is 5. The summed E-state index contributed by atoms with van der Waals surface area (Å²) in [7, 11) is 1.47. The zero-order valence-electron chi connectivity index (χ0n) is 10.5. The Balaban J connectivity index is 2.04. The minimum Gasteiger partial charge on any atom is -0.494 e. The average Bonchev–Trinajstić information content (AvgIpc) is 2.90. The van der Waals surface area contributed by atoms with Crippen LogP contribution in [0, 0.1) is 5.82 Å². The van der Waals surface area contributed by atoms with Crippen molar-refractivity contribution in [3.63, 3.8) is 0 Å². The van der Waals surface area contributed by atoms with Gasteiger partial charge in [-0.05, 0) is 42.7 Å². The molecule has 2 unspecified atom stereocenters. The van der Waals surface area contributed by atoms with E-state index in [1.807, 2.05) is 17.8 Å². The summed E-state index contributed by atoms with van der Waals surface area (Å²) in [4.78, 5) is 0. The van der Waals surface area contributed by atoms with Crippen molar-refractivity contribution in [1.82, 2.24) is 5.43 Å². The van der Waals surface area contributed by atoms with Crippen LogP contribution in [0.25, 0.3) is 0 Å². The van der Waals surface area contributed by atoms with E-state index >= 15 is 0 Å². The van der Waals surface area contributed by atoms with Crippen molar-refractivity contribution < 1.29 is 9.13 Å². The topological polar surface area (TPSA) is 47.3 Å². The van der Waals surface area contributed by atoms with Crippen LogP contribution in [-0.2, 0) is 6.42 Å². The van der Waals surface area contributed by atoms with Crippen LogP contribution in [-0.4, -0.2) is 24.2 Å². The second kappa shape index (κ2) is 6.41. The lowest BCUT2D eigenvalue weighted by Crippen LogP contribution is -2.43. The summed E-state index contributed by atoms with van der Waals surface area (Å²) in [6.45, 7) is 0. The number of hydrogen-bond acceptors (Lipinski definition) is 4. The number of thioether (sulfide) groups is 1. The molecule has 0 aliphatic carbocycles. The third kappa shape index (κ3) is 3.16. The first-order chi connectivity index (χ1) is 8.74. The lowest BCUT2D eigenvalue weighted by atomic mass is 10.0. The molecular weight excluding hydrogens is 251 g/mol. The molecule has 2 rings (SSSR count). The number of hydrazine groups is 1. The van der Waals surface area contributed by atoms with Gasteiger partial charge in [0.25, 0.3) is 0 Å². The molecule has 1 aromatic carbocycles. The van der Waals surface area contributed by atoms with E-state index in [1.165, 1.54) is 31.8 Å². The summed E-state index contributed by atoms with van der Waals surface area (Å²) in [5.41, 5.74) is 3.81. The molecule has 3 nitrogen and oxygen atoms in total. The van der Waals surface area contributed by atoms with E-state index in [0.29, 0.717) is 5.25 Å². The summed E-state index contributed by atoms with van der Waals surface area (Å²) in [6, 6.07) is 5.29. The Morgan fingerprint density at radius 3 is 3.00 bits per heavy atom. The Kier molecular flexibility index (Phi) is 4.86. The van der Waals surface area contributed by atoms with E-state index in [4.69, 9.17) is 10.6 Å². The quantitative estimate of drug-likeness (QED) is 0.635.